The molecular formula is C22H24O3. The van der Waals surface area contributed by atoms with Crippen molar-refractivity contribution < 1.29 is 14.3 Å². The number of hydrogen-bond donors (Lipinski definition) is 0. The van der Waals surface area contributed by atoms with Crippen LogP contribution in [0.2, 0.25) is 0 Å². The van der Waals surface area contributed by atoms with Crippen LogP contribution in [0.25, 0.3) is 16.8 Å². The summed E-state index contributed by atoms with van der Waals surface area (Å²) in [4.78, 5) is 11.2. The molecule has 1 aliphatic heterocycles. The number of ether oxygens (including phenoxy) is 2. The first-order valence-corrected chi connectivity index (χ1v) is 8.63. The Kier molecular flexibility index (Phi) is 4.67. The lowest BCUT2D eigenvalue weighted by atomic mass is 9.92. The molecule has 25 heavy (non-hydrogen) atoms. The van der Waals surface area contributed by atoms with Crippen molar-refractivity contribution in [1.82, 2.24) is 0 Å². The number of benzene rings is 2. The molecule has 0 fully saturated rings. The molecule has 3 heteroatoms. The molecule has 0 bridgehead atoms. The number of carbonyl (C=O) groups excluding carboxylic acids is 1. The third kappa shape index (κ3) is 3.93. The maximum absolute atomic E-state index is 11.2. The lowest BCUT2D eigenvalue weighted by molar-refractivity contribution is -0.131. The molecule has 0 radical (unpaired) electrons. The Balaban J connectivity index is 1.93. The molecule has 1 atom stereocenters. The van der Waals surface area contributed by atoms with Crippen molar-refractivity contribution in [2.75, 3.05) is 0 Å². The lowest BCUT2D eigenvalue weighted by Gasteiger charge is -2.32. The van der Waals surface area contributed by atoms with Crippen molar-refractivity contribution >= 4 is 22.8 Å². The number of hydrogen-bond acceptors (Lipinski definition) is 3. The highest BCUT2D eigenvalue weighted by molar-refractivity contribution is 5.95. The average molecular weight is 336 g/mol. The number of fused-ring (bicyclic) bond motifs is 3. The van der Waals surface area contributed by atoms with Gasteiger partial charge in [0.15, 0.2) is 0 Å². The summed E-state index contributed by atoms with van der Waals surface area (Å²) in [6.07, 6.45) is 8.42. The van der Waals surface area contributed by atoms with Gasteiger partial charge in [-0.05, 0) is 68.7 Å². The summed E-state index contributed by atoms with van der Waals surface area (Å²) in [6, 6.07) is 9.74. The smallest absolute Gasteiger partial charge is 0.308 e. The molecule has 3 nitrogen and oxygen atoms in total. The Morgan fingerprint density at radius 2 is 1.96 bits per heavy atom. The Morgan fingerprint density at radius 3 is 2.68 bits per heavy atom. The zero-order valence-electron chi connectivity index (χ0n) is 15.3. The summed E-state index contributed by atoms with van der Waals surface area (Å²) in [7, 11) is 0. The van der Waals surface area contributed by atoms with E-state index in [1.807, 2.05) is 30.3 Å². The maximum Gasteiger partial charge on any atom is 0.308 e. The first-order chi connectivity index (χ1) is 11.9. The van der Waals surface area contributed by atoms with Crippen molar-refractivity contribution in [3.05, 3.63) is 53.6 Å². The van der Waals surface area contributed by atoms with Gasteiger partial charge >= 0.3 is 5.97 Å². The van der Waals surface area contributed by atoms with Gasteiger partial charge in [0.25, 0.3) is 0 Å². The van der Waals surface area contributed by atoms with Crippen molar-refractivity contribution in [1.29, 1.82) is 0 Å². The van der Waals surface area contributed by atoms with Gasteiger partial charge in [0.2, 0.25) is 0 Å². The van der Waals surface area contributed by atoms with Crippen molar-refractivity contribution in [3.63, 3.8) is 0 Å². The molecule has 3 rings (SSSR count). The van der Waals surface area contributed by atoms with Crippen LogP contribution in [0.1, 0.15) is 46.1 Å². The molecule has 0 saturated heterocycles. The third-order valence-corrected chi connectivity index (χ3v) is 4.40. The average Bonchev–Trinajstić information content (AvgIpc) is 2.53. The standard InChI is InChI=1S/C22H24O3/c1-15(2)6-5-12-22(4)13-11-19-20-14-18(24-16(3)23)9-7-17(20)8-10-21(19)25-22/h6-11,13-14H,5,12H2,1-4H3. The van der Waals surface area contributed by atoms with Gasteiger partial charge in [0.1, 0.15) is 17.1 Å². The first kappa shape index (κ1) is 17.3. The monoisotopic (exact) mass is 336 g/mol. The SMILES string of the molecule is CC(=O)Oc1ccc2ccc3c(c2c1)C=CC(C)(CCC=C(C)C)O3. The minimum Gasteiger partial charge on any atom is -0.483 e. The quantitative estimate of drug-likeness (QED) is 0.409. The van der Waals surface area contributed by atoms with Crippen LogP contribution in [0, 0.1) is 0 Å². The van der Waals surface area contributed by atoms with E-state index in [0.29, 0.717) is 5.75 Å². The number of rotatable bonds is 4. The summed E-state index contributed by atoms with van der Waals surface area (Å²) in [5.41, 5.74) is 2.05. The van der Waals surface area contributed by atoms with Gasteiger partial charge in [0.05, 0.1) is 0 Å². The van der Waals surface area contributed by atoms with Crippen molar-refractivity contribution in [2.45, 2.75) is 46.1 Å². The highest BCUT2D eigenvalue weighted by Crippen LogP contribution is 2.38. The summed E-state index contributed by atoms with van der Waals surface area (Å²) in [5, 5.41) is 2.12. The number of carbonyl (C=O) groups is 1. The summed E-state index contributed by atoms with van der Waals surface area (Å²) in [6.45, 7) is 7.75. The Labute approximate surface area is 148 Å². The normalized spacial score (nSPS) is 18.4. The van der Waals surface area contributed by atoms with E-state index in [1.54, 1.807) is 0 Å². The predicted octanol–water partition coefficient (Wildman–Crippen LogP) is 5.68. The number of allylic oxidation sites excluding steroid dienone is 2. The molecule has 0 aromatic heterocycles. The molecule has 0 saturated carbocycles. The summed E-state index contributed by atoms with van der Waals surface area (Å²) < 4.78 is 11.5. The Morgan fingerprint density at radius 1 is 1.20 bits per heavy atom. The van der Waals surface area contributed by atoms with E-state index in [0.717, 1.165) is 34.9 Å². The highest BCUT2D eigenvalue weighted by Gasteiger charge is 2.27. The van der Waals surface area contributed by atoms with Gasteiger partial charge in [-0.2, -0.15) is 0 Å². The number of esters is 1. The molecular weight excluding hydrogens is 312 g/mol. The summed E-state index contributed by atoms with van der Waals surface area (Å²) in [5.74, 6) is 1.11. The van der Waals surface area contributed by atoms with Gasteiger partial charge in [-0.15, -0.1) is 0 Å². The largest absolute Gasteiger partial charge is 0.483 e. The fourth-order valence-electron chi connectivity index (χ4n) is 3.12. The fourth-order valence-corrected chi connectivity index (χ4v) is 3.12. The van der Waals surface area contributed by atoms with Gasteiger partial charge in [0, 0.05) is 12.5 Å². The first-order valence-electron chi connectivity index (χ1n) is 8.63. The molecule has 0 amide bonds. The van der Waals surface area contributed by atoms with E-state index in [2.05, 4.69) is 39.0 Å². The van der Waals surface area contributed by atoms with Gasteiger partial charge in [-0.1, -0.05) is 29.9 Å². The molecule has 0 N–H and O–H groups in total. The van der Waals surface area contributed by atoms with E-state index in [-0.39, 0.29) is 11.6 Å². The Hall–Kier alpha value is -2.55. The van der Waals surface area contributed by atoms with Gasteiger partial charge < -0.3 is 9.47 Å². The predicted molar refractivity (Wildman–Crippen MR) is 102 cm³/mol. The molecule has 1 unspecified atom stereocenters. The van der Waals surface area contributed by atoms with Crippen LogP contribution in [0.4, 0.5) is 0 Å². The molecule has 1 aliphatic rings. The van der Waals surface area contributed by atoms with Gasteiger partial charge in [-0.25, -0.2) is 0 Å². The van der Waals surface area contributed by atoms with Crippen LogP contribution >= 0.6 is 0 Å². The second-order valence-electron chi connectivity index (χ2n) is 7.02. The third-order valence-electron chi connectivity index (χ3n) is 4.40. The van der Waals surface area contributed by atoms with Crippen LogP contribution in [-0.2, 0) is 4.79 Å². The van der Waals surface area contributed by atoms with Crippen LogP contribution in [0.5, 0.6) is 11.5 Å². The molecule has 1 heterocycles. The molecule has 2 aromatic carbocycles. The highest BCUT2D eigenvalue weighted by atomic mass is 16.5. The molecule has 130 valence electrons. The summed E-state index contributed by atoms with van der Waals surface area (Å²) >= 11 is 0. The van der Waals surface area contributed by atoms with Crippen LogP contribution in [0.15, 0.2) is 48.1 Å². The van der Waals surface area contributed by atoms with E-state index in [1.165, 1.54) is 12.5 Å². The zero-order chi connectivity index (χ0) is 18.0. The second kappa shape index (κ2) is 6.75. The van der Waals surface area contributed by atoms with Crippen LogP contribution < -0.4 is 9.47 Å². The van der Waals surface area contributed by atoms with Gasteiger partial charge in [-0.3, -0.25) is 4.79 Å². The van der Waals surface area contributed by atoms with Crippen molar-refractivity contribution in [2.24, 2.45) is 0 Å². The molecule has 2 aromatic rings. The Bertz CT molecular complexity index is 872. The molecule has 0 aliphatic carbocycles. The minimum absolute atomic E-state index is 0.305. The van der Waals surface area contributed by atoms with Crippen molar-refractivity contribution in [3.8, 4) is 11.5 Å². The van der Waals surface area contributed by atoms with Crippen LogP contribution in [0.3, 0.4) is 0 Å². The molecule has 0 spiro atoms. The fraction of sp³-hybridized carbons (Fsp3) is 0.318. The lowest BCUT2D eigenvalue weighted by Crippen LogP contribution is -2.31. The maximum atomic E-state index is 11.2. The van der Waals surface area contributed by atoms with E-state index in [9.17, 15) is 4.79 Å². The zero-order valence-corrected chi connectivity index (χ0v) is 15.3. The van der Waals surface area contributed by atoms with E-state index < -0.39 is 0 Å². The minimum atomic E-state index is -0.317. The second-order valence-corrected chi connectivity index (χ2v) is 7.02. The van der Waals surface area contributed by atoms with Crippen LogP contribution in [-0.4, -0.2) is 11.6 Å². The van der Waals surface area contributed by atoms with E-state index >= 15 is 0 Å². The topological polar surface area (TPSA) is 35.5 Å². The van der Waals surface area contributed by atoms with E-state index in [4.69, 9.17) is 9.47 Å².